The SMILES string of the molecule is COC(=O)/C=C/c1nc(OC)c(=O)n(Cc2ccccc2)c1-c1ccccc1. The first-order chi connectivity index (χ1) is 13.6. The third kappa shape index (κ3) is 4.17. The van der Waals surface area contributed by atoms with Crippen molar-refractivity contribution in [3.63, 3.8) is 0 Å². The zero-order chi connectivity index (χ0) is 19.9. The van der Waals surface area contributed by atoms with E-state index in [1.807, 2.05) is 60.7 Å². The Balaban J connectivity index is 2.26. The molecule has 3 rings (SSSR count). The molecular formula is C22H20N2O4. The van der Waals surface area contributed by atoms with Crippen LogP contribution in [0, 0.1) is 0 Å². The summed E-state index contributed by atoms with van der Waals surface area (Å²) < 4.78 is 11.5. The quantitative estimate of drug-likeness (QED) is 0.488. The molecule has 0 unspecified atom stereocenters. The van der Waals surface area contributed by atoms with Crippen molar-refractivity contribution < 1.29 is 14.3 Å². The maximum absolute atomic E-state index is 13.0. The van der Waals surface area contributed by atoms with Crippen molar-refractivity contribution in [3.8, 4) is 17.1 Å². The van der Waals surface area contributed by atoms with Crippen molar-refractivity contribution in [1.29, 1.82) is 0 Å². The molecule has 1 aromatic heterocycles. The van der Waals surface area contributed by atoms with E-state index in [2.05, 4.69) is 9.72 Å². The van der Waals surface area contributed by atoms with E-state index in [0.29, 0.717) is 17.9 Å². The minimum absolute atomic E-state index is 0.0415. The van der Waals surface area contributed by atoms with Crippen molar-refractivity contribution in [1.82, 2.24) is 9.55 Å². The number of methoxy groups -OCH3 is 2. The van der Waals surface area contributed by atoms with Gasteiger partial charge < -0.3 is 9.47 Å². The number of rotatable bonds is 6. The average molecular weight is 376 g/mol. The van der Waals surface area contributed by atoms with Crippen LogP contribution in [0.25, 0.3) is 17.3 Å². The highest BCUT2D eigenvalue weighted by atomic mass is 16.5. The molecule has 0 aliphatic heterocycles. The third-order valence-corrected chi connectivity index (χ3v) is 4.17. The van der Waals surface area contributed by atoms with E-state index in [1.54, 1.807) is 4.57 Å². The van der Waals surface area contributed by atoms with Crippen LogP contribution in [0.5, 0.6) is 5.88 Å². The van der Waals surface area contributed by atoms with Gasteiger partial charge in [-0.2, -0.15) is 0 Å². The van der Waals surface area contributed by atoms with Crippen molar-refractivity contribution in [2.75, 3.05) is 14.2 Å². The molecule has 0 saturated heterocycles. The minimum atomic E-state index is -0.513. The molecule has 28 heavy (non-hydrogen) atoms. The highest BCUT2D eigenvalue weighted by Crippen LogP contribution is 2.25. The summed E-state index contributed by atoms with van der Waals surface area (Å²) in [5.74, 6) is -0.555. The topological polar surface area (TPSA) is 70.4 Å². The maximum Gasteiger partial charge on any atom is 0.330 e. The molecule has 6 heteroatoms. The molecule has 0 N–H and O–H groups in total. The molecular weight excluding hydrogens is 356 g/mol. The Morgan fingerprint density at radius 1 is 1.04 bits per heavy atom. The standard InChI is InChI=1S/C22H20N2O4/c1-27-19(25)14-13-18-20(17-11-7-4-8-12-17)24(22(26)21(23-18)28-2)15-16-9-5-3-6-10-16/h3-14H,15H2,1-2H3/b14-13+. The Hall–Kier alpha value is -3.67. The normalized spacial score (nSPS) is 10.8. The summed E-state index contributed by atoms with van der Waals surface area (Å²) in [6, 6.07) is 19.1. The predicted octanol–water partition coefficient (Wildman–Crippen LogP) is 3.15. The molecule has 0 fully saturated rings. The zero-order valence-electron chi connectivity index (χ0n) is 15.7. The molecule has 3 aromatic rings. The van der Waals surface area contributed by atoms with Crippen LogP contribution in [0.4, 0.5) is 0 Å². The number of aromatic nitrogens is 2. The number of hydrogen-bond donors (Lipinski definition) is 0. The third-order valence-electron chi connectivity index (χ3n) is 4.17. The first kappa shape index (κ1) is 19.1. The Bertz CT molecular complexity index is 1040. The number of ether oxygens (including phenoxy) is 2. The van der Waals surface area contributed by atoms with E-state index in [0.717, 1.165) is 11.1 Å². The Kier molecular flexibility index (Phi) is 6.01. The number of esters is 1. The van der Waals surface area contributed by atoms with Gasteiger partial charge in [-0.25, -0.2) is 9.78 Å². The second-order valence-corrected chi connectivity index (χ2v) is 5.95. The van der Waals surface area contributed by atoms with Crippen LogP contribution in [-0.2, 0) is 16.1 Å². The number of carbonyl (C=O) groups is 1. The van der Waals surface area contributed by atoms with E-state index < -0.39 is 5.97 Å². The lowest BCUT2D eigenvalue weighted by molar-refractivity contribution is -0.134. The van der Waals surface area contributed by atoms with Gasteiger partial charge in [0.15, 0.2) is 0 Å². The van der Waals surface area contributed by atoms with Gasteiger partial charge >= 0.3 is 11.5 Å². The van der Waals surface area contributed by atoms with Gasteiger partial charge in [-0.1, -0.05) is 60.7 Å². The van der Waals surface area contributed by atoms with Gasteiger partial charge in [0.05, 0.1) is 32.2 Å². The molecule has 0 radical (unpaired) electrons. The summed E-state index contributed by atoms with van der Waals surface area (Å²) in [6.07, 6.45) is 2.79. The van der Waals surface area contributed by atoms with Gasteiger partial charge in [-0.15, -0.1) is 0 Å². The molecule has 0 saturated carbocycles. The van der Waals surface area contributed by atoms with Gasteiger partial charge in [0.2, 0.25) is 0 Å². The van der Waals surface area contributed by atoms with Crippen molar-refractivity contribution in [3.05, 3.63) is 88.4 Å². The van der Waals surface area contributed by atoms with Gasteiger partial charge in [0.1, 0.15) is 0 Å². The molecule has 0 spiro atoms. The van der Waals surface area contributed by atoms with Gasteiger partial charge in [0, 0.05) is 11.6 Å². The fourth-order valence-electron chi connectivity index (χ4n) is 2.85. The fourth-order valence-corrected chi connectivity index (χ4v) is 2.85. The largest absolute Gasteiger partial charge is 0.477 e. The van der Waals surface area contributed by atoms with Gasteiger partial charge in [-0.3, -0.25) is 9.36 Å². The second kappa shape index (κ2) is 8.81. The lowest BCUT2D eigenvalue weighted by Gasteiger charge is -2.17. The lowest BCUT2D eigenvalue weighted by Crippen LogP contribution is -2.26. The van der Waals surface area contributed by atoms with Crippen molar-refractivity contribution in [2.24, 2.45) is 0 Å². The molecule has 0 aliphatic rings. The second-order valence-electron chi connectivity index (χ2n) is 5.95. The van der Waals surface area contributed by atoms with Crippen LogP contribution < -0.4 is 10.3 Å². The number of hydrogen-bond acceptors (Lipinski definition) is 5. The van der Waals surface area contributed by atoms with E-state index in [-0.39, 0.29) is 11.4 Å². The van der Waals surface area contributed by atoms with Crippen molar-refractivity contribution >= 4 is 12.0 Å². The number of nitrogens with zero attached hydrogens (tertiary/aromatic N) is 2. The predicted molar refractivity (Wildman–Crippen MR) is 107 cm³/mol. The van der Waals surface area contributed by atoms with E-state index >= 15 is 0 Å². The summed E-state index contributed by atoms with van der Waals surface area (Å²) in [6.45, 7) is 0.335. The summed E-state index contributed by atoms with van der Waals surface area (Å²) in [5, 5.41) is 0. The number of benzene rings is 2. The molecule has 6 nitrogen and oxygen atoms in total. The summed E-state index contributed by atoms with van der Waals surface area (Å²) >= 11 is 0. The molecule has 0 amide bonds. The van der Waals surface area contributed by atoms with Crippen LogP contribution in [0.15, 0.2) is 71.5 Å². The monoisotopic (exact) mass is 376 g/mol. The fraction of sp³-hybridized carbons (Fsp3) is 0.136. The minimum Gasteiger partial charge on any atom is -0.477 e. The first-order valence-corrected chi connectivity index (χ1v) is 8.68. The van der Waals surface area contributed by atoms with E-state index in [1.165, 1.54) is 26.4 Å². The lowest BCUT2D eigenvalue weighted by atomic mass is 10.1. The smallest absolute Gasteiger partial charge is 0.330 e. The summed E-state index contributed by atoms with van der Waals surface area (Å²) in [7, 11) is 2.70. The van der Waals surface area contributed by atoms with Crippen LogP contribution in [0.2, 0.25) is 0 Å². The highest BCUT2D eigenvalue weighted by Gasteiger charge is 2.18. The molecule has 0 aliphatic carbocycles. The number of carbonyl (C=O) groups excluding carboxylic acids is 1. The van der Waals surface area contributed by atoms with Crippen LogP contribution in [0.3, 0.4) is 0 Å². The highest BCUT2D eigenvalue weighted by molar-refractivity contribution is 5.88. The molecule has 1 heterocycles. The Labute approximate surface area is 162 Å². The van der Waals surface area contributed by atoms with Gasteiger partial charge in [0.25, 0.3) is 5.88 Å². The van der Waals surface area contributed by atoms with Crippen LogP contribution in [0.1, 0.15) is 11.3 Å². The van der Waals surface area contributed by atoms with E-state index in [4.69, 9.17) is 4.74 Å². The Morgan fingerprint density at radius 2 is 1.68 bits per heavy atom. The maximum atomic E-state index is 13.0. The van der Waals surface area contributed by atoms with E-state index in [9.17, 15) is 9.59 Å². The first-order valence-electron chi connectivity index (χ1n) is 8.68. The molecule has 142 valence electrons. The summed E-state index contributed by atoms with van der Waals surface area (Å²) in [5.41, 5.74) is 2.44. The molecule has 2 aromatic carbocycles. The van der Waals surface area contributed by atoms with Crippen molar-refractivity contribution in [2.45, 2.75) is 6.54 Å². The summed E-state index contributed by atoms with van der Waals surface area (Å²) in [4.78, 5) is 28.9. The molecule has 0 bridgehead atoms. The average Bonchev–Trinajstić information content (AvgIpc) is 2.75. The zero-order valence-corrected chi connectivity index (χ0v) is 15.7. The van der Waals surface area contributed by atoms with Crippen LogP contribution in [-0.4, -0.2) is 29.7 Å². The molecule has 0 atom stereocenters. The Morgan fingerprint density at radius 3 is 2.29 bits per heavy atom. The van der Waals surface area contributed by atoms with Gasteiger partial charge in [-0.05, 0) is 11.6 Å². The van der Waals surface area contributed by atoms with Crippen LogP contribution >= 0.6 is 0 Å².